The summed E-state index contributed by atoms with van der Waals surface area (Å²) < 4.78 is 5.83. The number of carbonyl (C=O) groups excluding carboxylic acids is 1. The number of rotatable bonds is 6. The van der Waals surface area contributed by atoms with Gasteiger partial charge in [-0.05, 0) is 43.5 Å². The predicted molar refractivity (Wildman–Crippen MR) is 76.7 cm³/mol. The zero-order valence-electron chi connectivity index (χ0n) is 10.3. The van der Waals surface area contributed by atoms with Crippen LogP contribution in [0, 0.1) is 0 Å². The lowest BCUT2D eigenvalue weighted by molar-refractivity contribution is -0.143. The molecule has 18 heavy (non-hydrogen) atoms. The molecule has 0 saturated carbocycles. The van der Waals surface area contributed by atoms with Crippen molar-refractivity contribution in [1.29, 1.82) is 0 Å². The van der Waals surface area contributed by atoms with E-state index in [1.54, 1.807) is 6.92 Å². The Morgan fingerprint density at radius 2 is 2.28 bits per heavy atom. The molecule has 3 nitrogen and oxygen atoms in total. The third-order valence-electron chi connectivity index (χ3n) is 2.51. The molecule has 0 spiro atoms. The van der Waals surface area contributed by atoms with Crippen LogP contribution in [0.3, 0.4) is 0 Å². The van der Waals surface area contributed by atoms with Gasteiger partial charge >= 0.3 is 5.97 Å². The van der Waals surface area contributed by atoms with Gasteiger partial charge in [0.15, 0.2) is 0 Å². The Morgan fingerprint density at radius 1 is 1.56 bits per heavy atom. The molecule has 5 heteroatoms. The van der Waals surface area contributed by atoms with Gasteiger partial charge in [0.05, 0.1) is 6.61 Å². The van der Waals surface area contributed by atoms with E-state index in [1.165, 1.54) is 0 Å². The molecule has 1 aromatic rings. The van der Waals surface area contributed by atoms with Gasteiger partial charge in [-0.15, -0.1) is 0 Å². The van der Waals surface area contributed by atoms with Gasteiger partial charge in [0.25, 0.3) is 0 Å². The first-order chi connectivity index (χ1) is 8.52. The van der Waals surface area contributed by atoms with Crippen molar-refractivity contribution in [2.45, 2.75) is 32.2 Å². The second-order valence-electron chi connectivity index (χ2n) is 4.04. The maximum atomic E-state index is 11.2. The minimum absolute atomic E-state index is 0.0961. The predicted octanol–water partition coefficient (Wildman–Crippen LogP) is 3.32. The summed E-state index contributed by atoms with van der Waals surface area (Å²) in [4.78, 5) is 11.2. The van der Waals surface area contributed by atoms with E-state index in [9.17, 15) is 4.79 Å². The number of carbonyl (C=O) groups is 1. The van der Waals surface area contributed by atoms with Crippen LogP contribution in [-0.4, -0.2) is 18.6 Å². The van der Waals surface area contributed by atoms with Crippen molar-refractivity contribution in [2.24, 2.45) is 5.73 Å². The first-order valence-corrected chi connectivity index (χ1v) is 7.05. The topological polar surface area (TPSA) is 52.3 Å². The number of esters is 1. The number of nitrogens with two attached hydrogens (primary N) is 1. The molecule has 2 N–H and O–H groups in total. The lowest BCUT2D eigenvalue weighted by atomic mass is 10.0. The molecule has 0 aliphatic heterocycles. The molecular weight excluding hydrogens is 318 g/mol. The average molecular weight is 335 g/mol. The molecule has 0 aromatic heterocycles. The largest absolute Gasteiger partial charge is 0.466 e. The first-order valence-electron chi connectivity index (χ1n) is 5.88. The molecule has 0 aliphatic rings. The summed E-state index contributed by atoms with van der Waals surface area (Å²) in [5.41, 5.74) is 6.98. The van der Waals surface area contributed by atoms with Crippen LogP contribution in [-0.2, 0) is 16.0 Å². The fourth-order valence-corrected chi connectivity index (χ4v) is 2.22. The van der Waals surface area contributed by atoms with E-state index in [4.69, 9.17) is 22.1 Å². The van der Waals surface area contributed by atoms with Gasteiger partial charge in [-0.1, -0.05) is 27.5 Å². The highest BCUT2D eigenvalue weighted by atomic mass is 79.9. The fourth-order valence-electron chi connectivity index (χ4n) is 1.62. The number of hydrogen-bond acceptors (Lipinski definition) is 3. The maximum absolute atomic E-state index is 11.2. The number of halogens is 2. The van der Waals surface area contributed by atoms with Crippen molar-refractivity contribution in [3.63, 3.8) is 0 Å². The van der Waals surface area contributed by atoms with E-state index < -0.39 is 0 Å². The summed E-state index contributed by atoms with van der Waals surface area (Å²) in [6.07, 6.45) is 1.60. The highest BCUT2D eigenvalue weighted by Crippen LogP contribution is 2.22. The lowest BCUT2D eigenvalue weighted by Crippen LogP contribution is -2.24. The van der Waals surface area contributed by atoms with Crippen LogP contribution in [0.25, 0.3) is 0 Å². The summed E-state index contributed by atoms with van der Waals surface area (Å²) in [5, 5.41) is 0.699. The van der Waals surface area contributed by atoms with E-state index in [1.807, 2.05) is 18.2 Å². The quantitative estimate of drug-likeness (QED) is 0.812. The Morgan fingerprint density at radius 3 is 2.94 bits per heavy atom. The summed E-state index contributed by atoms with van der Waals surface area (Å²) in [6, 6.07) is 5.57. The average Bonchev–Trinajstić information content (AvgIpc) is 2.32. The SMILES string of the molecule is CCOC(=O)CCC(N)Cc1cc(Br)ccc1Cl. The zero-order valence-corrected chi connectivity index (χ0v) is 12.6. The van der Waals surface area contributed by atoms with Crippen molar-refractivity contribution >= 4 is 33.5 Å². The minimum Gasteiger partial charge on any atom is -0.466 e. The molecule has 1 rings (SSSR count). The normalized spacial score (nSPS) is 12.2. The van der Waals surface area contributed by atoms with E-state index in [0.717, 1.165) is 10.0 Å². The monoisotopic (exact) mass is 333 g/mol. The lowest BCUT2D eigenvalue weighted by Gasteiger charge is -2.12. The summed E-state index contributed by atoms with van der Waals surface area (Å²) >= 11 is 9.48. The van der Waals surface area contributed by atoms with E-state index >= 15 is 0 Å². The second kappa shape index (κ2) is 7.77. The van der Waals surface area contributed by atoms with Crippen molar-refractivity contribution in [2.75, 3.05) is 6.61 Å². The Balaban J connectivity index is 2.46. The molecule has 100 valence electrons. The van der Waals surface area contributed by atoms with Crippen molar-refractivity contribution in [3.05, 3.63) is 33.3 Å². The van der Waals surface area contributed by atoms with Crippen LogP contribution in [0.15, 0.2) is 22.7 Å². The van der Waals surface area contributed by atoms with Gasteiger partial charge in [-0.2, -0.15) is 0 Å². The fraction of sp³-hybridized carbons (Fsp3) is 0.462. The number of hydrogen-bond donors (Lipinski definition) is 1. The number of benzene rings is 1. The molecule has 0 heterocycles. The molecule has 0 fully saturated rings. The summed E-state index contributed by atoms with van der Waals surface area (Å²) in [6.45, 7) is 2.20. The molecule has 1 atom stereocenters. The second-order valence-corrected chi connectivity index (χ2v) is 5.37. The van der Waals surface area contributed by atoms with Crippen LogP contribution in [0.2, 0.25) is 5.02 Å². The van der Waals surface area contributed by atoms with E-state index in [-0.39, 0.29) is 12.0 Å². The van der Waals surface area contributed by atoms with Crippen LogP contribution in [0.1, 0.15) is 25.3 Å². The van der Waals surface area contributed by atoms with Gasteiger partial charge in [-0.3, -0.25) is 4.79 Å². The smallest absolute Gasteiger partial charge is 0.305 e. The Hall–Kier alpha value is -0.580. The zero-order chi connectivity index (χ0) is 13.5. The van der Waals surface area contributed by atoms with Crippen molar-refractivity contribution in [1.82, 2.24) is 0 Å². The molecule has 0 bridgehead atoms. The van der Waals surface area contributed by atoms with Gasteiger partial charge < -0.3 is 10.5 Å². The third kappa shape index (κ3) is 5.38. The maximum Gasteiger partial charge on any atom is 0.305 e. The van der Waals surface area contributed by atoms with Gasteiger partial charge in [-0.25, -0.2) is 0 Å². The van der Waals surface area contributed by atoms with E-state index in [0.29, 0.717) is 30.9 Å². The Bertz CT molecular complexity index is 412. The first kappa shape index (κ1) is 15.5. The highest BCUT2D eigenvalue weighted by Gasteiger charge is 2.10. The van der Waals surface area contributed by atoms with Crippen LogP contribution >= 0.6 is 27.5 Å². The van der Waals surface area contributed by atoms with Crippen LogP contribution in [0.5, 0.6) is 0 Å². The van der Waals surface area contributed by atoms with Crippen molar-refractivity contribution in [3.8, 4) is 0 Å². The Labute approximate surface area is 121 Å². The summed E-state index contributed by atoms with van der Waals surface area (Å²) in [7, 11) is 0. The molecule has 1 aromatic carbocycles. The van der Waals surface area contributed by atoms with Crippen LogP contribution < -0.4 is 5.73 Å². The van der Waals surface area contributed by atoms with Gasteiger partial charge in [0.2, 0.25) is 0 Å². The van der Waals surface area contributed by atoms with Crippen LogP contribution in [0.4, 0.5) is 0 Å². The van der Waals surface area contributed by atoms with Crippen molar-refractivity contribution < 1.29 is 9.53 Å². The van der Waals surface area contributed by atoms with Gasteiger partial charge in [0, 0.05) is 22.0 Å². The summed E-state index contributed by atoms with van der Waals surface area (Å²) in [5.74, 6) is -0.201. The molecule has 0 aliphatic carbocycles. The molecule has 0 saturated heterocycles. The molecule has 1 unspecified atom stereocenters. The van der Waals surface area contributed by atoms with E-state index in [2.05, 4.69) is 15.9 Å². The minimum atomic E-state index is -0.201. The third-order valence-corrected chi connectivity index (χ3v) is 3.38. The molecule has 0 amide bonds. The Kier molecular flexibility index (Phi) is 6.68. The molecular formula is C13H17BrClNO2. The standard InChI is InChI=1S/C13H17BrClNO2/c1-2-18-13(17)6-4-11(16)8-9-7-10(14)3-5-12(9)15/h3,5,7,11H,2,4,6,8,16H2,1H3. The van der Waals surface area contributed by atoms with Gasteiger partial charge in [0.1, 0.15) is 0 Å². The highest BCUT2D eigenvalue weighted by molar-refractivity contribution is 9.10. The number of ether oxygens (including phenoxy) is 1. The molecule has 0 radical (unpaired) electrons.